The number of hydrogen-bond acceptors (Lipinski definition) is 3. The van der Waals surface area contributed by atoms with E-state index in [1.807, 2.05) is 0 Å². The number of unbranched alkanes of at least 4 members (excludes halogenated alkanes) is 1. The maximum absolute atomic E-state index is 4.98. The quantitative estimate of drug-likeness (QED) is 0.640. The Bertz CT molecular complexity index is 183. The summed E-state index contributed by atoms with van der Waals surface area (Å²) < 4.78 is 4.98. The van der Waals surface area contributed by atoms with E-state index in [4.69, 9.17) is 4.74 Å². The second-order valence-corrected chi connectivity index (χ2v) is 5.64. The Morgan fingerprint density at radius 3 is 2.69 bits per heavy atom. The van der Waals surface area contributed by atoms with Crippen LogP contribution < -0.4 is 5.32 Å². The van der Waals surface area contributed by atoms with E-state index in [9.17, 15) is 0 Å². The van der Waals surface area contributed by atoms with Crippen LogP contribution in [0.1, 0.15) is 33.1 Å². The number of nitrogens with one attached hydrogen (secondary N) is 1. The monoisotopic (exact) mass is 228 g/mol. The molecule has 0 aliphatic carbocycles. The molecule has 0 atom stereocenters. The Kier molecular flexibility index (Phi) is 6.32. The fourth-order valence-corrected chi connectivity index (χ4v) is 2.30. The zero-order chi connectivity index (χ0) is 11.9. The first kappa shape index (κ1) is 13.9. The van der Waals surface area contributed by atoms with E-state index in [0.29, 0.717) is 5.41 Å². The van der Waals surface area contributed by atoms with Crippen LogP contribution in [0.15, 0.2) is 0 Å². The van der Waals surface area contributed by atoms with Crippen molar-refractivity contribution in [3.63, 3.8) is 0 Å². The molecule has 0 aromatic heterocycles. The summed E-state index contributed by atoms with van der Waals surface area (Å²) in [5.74, 6) is 0. The van der Waals surface area contributed by atoms with Crippen molar-refractivity contribution < 1.29 is 4.74 Å². The van der Waals surface area contributed by atoms with Gasteiger partial charge < -0.3 is 15.0 Å². The summed E-state index contributed by atoms with van der Waals surface area (Å²) in [5.41, 5.74) is 0.552. The van der Waals surface area contributed by atoms with Gasteiger partial charge in [0.25, 0.3) is 0 Å². The number of rotatable bonds is 8. The van der Waals surface area contributed by atoms with Crippen LogP contribution in [0, 0.1) is 5.41 Å². The van der Waals surface area contributed by atoms with Gasteiger partial charge in [0.05, 0.1) is 6.61 Å². The highest BCUT2D eigenvalue weighted by Gasteiger charge is 2.28. The zero-order valence-electron chi connectivity index (χ0n) is 11.2. The van der Waals surface area contributed by atoms with Crippen molar-refractivity contribution in [2.45, 2.75) is 33.1 Å². The molecular formula is C13H28N2O. The summed E-state index contributed by atoms with van der Waals surface area (Å²) in [4.78, 5) is 2.61. The molecule has 3 nitrogen and oxygen atoms in total. The molecule has 1 aliphatic rings. The molecule has 1 aliphatic heterocycles. The van der Waals surface area contributed by atoms with Gasteiger partial charge in [0, 0.05) is 20.2 Å². The Morgan fingerprint density at radius 1 is 1.25 bits per heavy atom. The highest BCUT2D eigenvalue weighted by molar-refractivity contribution is 4.82. The summed E-state index contributed by atoms with van der Waals surface area (Å²) >= 11 is 0. The van der Waals surface area contributed by atoms with Crippen molar-refractivity contribution in [3.05, 3.63) is 0 Å². The highest BCUT2D eigenvalue weighted by atomic mass is 16.5. The molecule has 0 radical (unpaired) electrons. The smallest absolute Gasteiger partial charge is 0.0587 e. The lowest BCUT2D eigenvalue weighted by molar-refractivity contribution is 0.199. The molecule has 3 heteroatoms. The molecule has 1 heterocycles. The Hall–Kier alpha value is -0.120. The van der Waals surface area contributed by atoms with E-state index >= 15 is 0 Å². The molecule has 0 aromatic rings. The third kappa shape index (κ3) is 5.83. The summed E-state index contributed by atoms with van der Waals surface area (Å²) in [6, 6.07) is 0. The molecule has 0 aromatic carbocycles. The van der Waals surface area contributed by atoms with Crippen LogP contribution in [0.4, 0.5) is 0 Å². The van der Waals surface area contributed by atoms with Gasteiger partial charge >= 0.3 is 0 Å². The summed E-state index contributed by atoms with van der Waals surface area (Å²) in [6.07, 6.45) is 3.95. The van der Waals surface area contributed by atoms with E-state index in [1.165, 1.54) is 38.9 Å². The van der Waals surface area contributed by atoms with Gasteiger partial charge in [-0.1, -0.05) is 13.8 Å². The SMILES string of the molecule is COCCNCCCCN1CCC(C)(C)C1. The van der Waals surface area contributed by atoms with Crippen molar-refractivity contribution in [1.29, 1.82) is 0 Å². The highest BCUT2D eigenvalue weighted by Crippen LogP contribution is 2.28. The van der Waals surface area contributed by atoms with E-state index in [2.05, 4.69) is 24.1 Å². The Morgan fingerprint density at radius 2 is 2.06 bits per heavy atom. The lowest BCUT2D eigenvalue weighted by Gasteiger charge is -2.19. The number of methoxy groups -OCH3 is 1. The van der Waals surface area contributed by atoms with Crippen LogP contribution in [-0.4, -0.2) is 51.3 Å². The van der Waals surface area contributed by atoms with Gasteiger partial charge in [0.1, 0.15) is 0 Å². The molecular weight excluding hydrogens is 200 g/mol. The van der Waals surface area contributed by atoms with Gasteiger partial charge in [0.15, 0.2) is 0 Å². The predicted octanol–water partition coefficient (Wildman–Crippen LogP) is 1.73. The van der Waals surface area contributed by atoms with E-state index in [-0.39, 0.29) is 0 Å². The minimum atomic E-state index is 0.552. The number of hydrogen-bond donors (Lipinski definition) is 1. The lowest BCUT2D eigenvalue weighted by atomic mass is 9.93. The first-order valence-corrected chi connectivity index (χ1v) is 6.56. The molecule has 1 saturated heterocycles. The third-order valence-electron chi connectivity index (χ3n) is 3.32. The van der Waals surface area contributed by atoms with Gasteiger partial charge in [-0.2, -0.15) is 0 Å². The number of nitrogens with zero attached hydrogens (tertiary/aromatic N) is 1. The molecule has 0 spiro atoms. The van der Waals surface area contributed by atoms with Crippen LogP contribution >= 0.6 is 0 Å². The van der Waals surface area contributed by atoms with Gasteiger partial charge in [-0.3, -0.25) is 0 Å². The fourth-order valence-electron chi connectivity index (χ4n) is 2.30. The van der Waals surface area contributed by atoms with Crippen LogP contribution in [0.2, 0.25) is 0 Å². The van der Waals surface area contributed by atoms with Crippen LogP contribution in [0.25, 0.3) is 0 Å². The van der Waals surface area contributed by atoms with Crippen molar-refractivity contribution >= 4 is 0 Å². The standard InChI is InChI=1S/C13H28N2O/c1-13(2)6-10-15(12-13)9-5-4-7-14-8-11-16-3/h14H,4-12H2,1-3H3. The van der Waals surface area contributed by atoms with E-state index in [1.54, 1.807) is 7.11 Å². The second kappa shape index (κ2) is 7.25. The van der Waals surface area contributed by atoms with Crippen molar-refractivity contribution in [2.75, 3.05) is 46.4 Å². The van der Waals surface area contributed by atoms with Gasteiger partial charge in [-0.15, -0.1) is 0 Å². The fraction of sp³-hybridized carbons (Fsp3) is 1.00. The normalized spacial score (nSPS) is 20.4. The van der Waals surface area contributed by atoms with Crippen molar-refractivity contribution in [3.8, 4) is 0 Å². The maximum Gasteiger partial charge on any atom is 0.0587 e. The first-order valence-electron chi connectivity index (χ1n) is 6.56. The van der Waals surface area contributed by atoms with Gasteiger partial charge in [-0.25, -0.2) is 0 Å². The topological polar surface area (TPSA) is 24.5 Å². The molecule has 16 heavy (non-hydrogen) atoms. The van der Waals surface area contributed by atoms with Crippen LogP contribution in [0.3, 0.4) is 0 Å². The molecule has 0 unspecified atom stereocenters. The molecule has 1 rings (SSSR count). The Labute approximate surface area is 101 Å². The largest absolute Gasteiger partial charge is 0.383 e. The first-order chi connectivity index (χ1) is 7.64. The Balaban J connectivity index is 1.88. The summed E-state index contributed by atoms with van der Waals surface area (Å²) in [6.45, 7) is 11.5. The van der Waals surface area contributed by atoms with Gasteiger partial charge in [-0.05, 0) is 44.3 Å². The molecule has 0 bridgehead atoms. The van der Waals surface area contributed by atoms with Crippen molar-refractivity contribution in [1.82, 2.24) is 10.2 Å². The molecule has 1 N–H and O–H groups in total. The summed E-state index contributed by atoms with van der Waals surface area (Å²) in [5, 5.41) is 3.38. The van der Waals surface area contributed by atoms with Crippen molar-refractivity contribution in [2.24, 2.45) is 5.41 Å². The number of likely N-dealkylation sites (tertiary alicyclic amines) is 1. The molecule has 1 fully saturated rings. The average Bonchev–Trinajstić information content (AvgIpc) is 2.57. The average molecular weight is 228 g/mol. The van der Waals surface area contributed by atoms with E-state index in [0.717, 1.165) is 19.7 Å². The third-order valence-corrected chi connectivity index (χ3v) is 3.32. The molecule has 0 saturated carbocycles. The molecule has 96 valence electrons. The lowest BCUT2D eigenvalue weighted by Crippen LogP contribution is -2.25. The van der Waals surface area contributed by atoms with E-state index < -0.39 is 0 Å². The predicted molar refractivity (Wildman–Crippen MR) is 68.8 cm³/mol. The zero-order valence-corrected chi connectivity index (χ0v) is 11.2. The number of ether oxygens (including phenoxy) is 1. The maximum atomic E-state index is 4.98. The minimum absolute atomic E-state index is 0.552. The minimum Gasteiger partial charge on any atom is -0.383 e. The molecule has 0 amide bonds. The second-order valence-electron chi connectivity index (χ2n) is 5.64. The van der Waals surface area contributed by atoms with Crippen LogP contribution in [-0.2, 0) is 4.74 Å². The van der Waals surface area contributed by atoms with Gasteiger partial charge in [0.2, 0.25) is 0 Å². The summed E-state index contributed by atoms with van der Waals surface area (Å²) in [7, 11) is 1.75. The van der Waals surface area contributed by atoms with Crippen LogP contribution in [0.5, 0.6) is 0 Å².